The van der Waals surface area contributed by atoms with E-state index in [1.165, 1.54) is 12.5 Å². The first kappa shape index (κ1) is 23.3. The van der Waals surface area contributed by atoms with E-state index in [9.17, 15) is 18.0 Å². The van der Waals surface area contributed by atoms with Crippen molar-refractivity contribution in [2.24, 2.45) is 5.92 Å². The second-order valence-corrected chi connectivity index (χ2v) is 10.1. The Morgan fingerprint density at radius 2 is 1.76 bits per heavy atom. The summed E-state index contributed by atoms with van der Waals surface area (Å²) >= 11 is 6.46. The number of hydrogen-bond donors (Lipinski definition) is 1. The number of para-hydroxylation sites is 1. The molecule has 5 rings (SSSR count). The molecule has 34 heavy (non-hydrogen) atoms. The molecule has 0 aromatic heterocycles. The van der Waals surface area contributed by atoms with E-state index in [0.29, 0.717) is 36.6 Å². The molecule has 8 heteroatoms. The summed E-state index contributed by atoms with van der Waals surface area (Å²) in [6.45, 7) is 1.88. The van der Waals surface area contributed by atoms with Gasteiger partial charge in [-0.3, -0.25) is 4.79 Å². The second kappa shape index (κ2) is 9.33. The zero-order valence-electron chi connectivity index (χ0n) is 19.0. The van der Waals surface area contributed by atoms with Crippen LogP contribution in [0.2, 0.25) is 5.02 Å². The lowest BCUT2D eigenvalue weighted by Gasteiger charge is -2.50. The fourth-order valence-corrected chi connectivity index (χ4v) is 6.04. The van der Waals surface area contributed by atoms with Crippen molar-refractivity contribution in [1.29, 1.82) is 0 Å². The third-order valence-electron chi connectivity index (χ3n) is 7.52. The molecule has 182 valence electrons. The van der Waals surface area contributed by atoms with Crippen molar-refractivity contribution in [2.45, 2.75) is 56.8 Å². The van der Waals surface area contributed by atoms with E-state index in [-0.39, 0.29) is 18.0 Å². The van der Waals surface area contributed by atoms with E-state index < -0.39 is 17.7 Å². The topological polar surface area (TPSA) is 35.6 Å². The lowest BCUT2D eigenvalue weighted by atomic mass is 9.82. The van der Waals surface area contributed by atoms with Crippen LogP contribution in [0.4, 0.5) is 24.5 Å². The van der Waals surface area contributed by atoms with Crippen molar-refractivity contribution in [3.05, 3.63) is 58.6 Å². The Bertz CT molecular complexity index is 1050. The predicted octanol–water partition coefficient (Wildman–Crippen LogP) is 5.68. The van der Waals surface area contributed by atoms with Crippen LogP contribution in [0.1, 0.15) is 43.2 Å². The smallest absolute Gasteiger partial charge is 0.366 e. The van der Waals surface area contributed by atoms with Crippen LogP contribution in [0.25, 0.3) is 0 Å². The summed E-state index contributed by atoms with van der Waals surface area (Å²) in [5, 5.41) is 3.89. The van der Waals surface area contributed by atoms with Crippen molar-refractivity contribution in [3.63, 3.8) is 0 Å². The third kappa shape index (κ3) is 4.59. The number of rotatable bonds is 3. The summed E-state index contributed by atoms with van der Waals surface area (Å²) in [5.74, 6) is -0.478. The van der Waals surface area contributed by atoms with E-state index >= 15 is 0 Å². The Morgan fingerprint density at radius 1 is 1.00 bits per heavy atom. The largest absolute Gasteiger partial charge is 0.416 e. The van der Waals surface area contributed by atoms with Gasteiger partial charge in [-0.1, -0.05) is 43.0 Å². The monoisotopic (exact) mass is 491 g/mol. The summed E-state index contributed by atoms with van der Waals surface area (Å²) in [6, 6.07) is 11.6. The molecule has 2 aromatic rings. The Kier molecular flexibility index (Phi) is 6.40. The van der Waals surface area contributed by atoms with Crippen molar-refractivity contribution >= 4 is 28.9 Å². The molecule has 1 saturated carbocycles. The standard InChI is InChI=1S/C26H29ClF3N3O/c27-21-8-4-5-9-23(21)32-12-13-33-22-11-10-18(26(28,29)30)14-17(22)15-20(24(33)16-32)25(34)31-19-6-2-1-3-7-19/h4-5,8-11,14,19-20,24H,1-3,6-7,12-13,15-16H2,(H,31,34)/t20-,24-/m1/s1. The predicted molar refractivity (Wildman–Crippen MR) is 128 cm³/mol. The molecule has 0 unspecified atom stereocenters. The van der Waals surface area contributed by atoms with Gasteiger partial charge in [0.05, 0.1) is 28.2 Å². The molecule has 1 N–H and O–H groups in total. The number of nitrogens with zero attached hydrogens (tertiary/aromatic N) is 2. The average Bonchev–Trinajstić information content (AvgIpc) is 2.83. The number of halogens is 4. The number of nitrogens with one attached hydrogen (secondary N) is 1. The first-order valence-corrected chi connectivity index (χ1v) is 12.5. The van der Waals surface area contributed by atoms with Crippen LogP contribution in [0.15, 0.2) is 42.5 Å². The molecule has 0 bridgehead atoms. The van der Waals surface area contributed by atoms with Crippen LogP contribution in [0.5, 0.6) is 0 Å². The maximum absolute atomic E-state index is 13.5. The number of hydrogen-bond acceptors (Lipinski definition) is 3. The third-order valence-corrected chi connectivity index (χ3v) is 7.84. The van der Waals surface area contributed by atoms with Crippen molar-refractivity contribution in [2.75, 3.05) is 29.4 Å². The van der Waals surface area contributed by atoms with Gasteiger partial charge in [0, 0.05) is 31.4 Å². The minimum absolute atomic E-state index is 0.0500. The van der Waals surface area contributed by atoms with Crippen molar-refractivity contribution in [1.82, 2.24) is 5.32 Å². The number of benzene rings is 2. The molecule has 2 aromatic carbocycles. The summed E-state index contributed by atoms with van der Waals surface area (Å²) in [4.78, 5) is 17.8. The Morgan fingerprint density at radius 3 is 2.50 bits per heavy atom. The number of carbonyl (C=O) groups excluding carboxylic acids is 1. The SMILES string of the molecule is O=C(NC1CCCCC1)[C@@H]1Cc2cc(C(F)(F)F)ccc2N2CCN(c3ccccc3Cl)C[C@H]12. The van der Waals surface area contributed by atoms with Gasteiger partial charge in [-0.05, 0) is 55.2 Å². The summed E-state index contributed by atoms with van der Waals surface area (Å²) in [5.41, 5.74) is 1.67. The van der Waals surface area contributed by atoms with Gasteiger partial charge in [-0.2, -0.15) is 13.2 Å². The molecule has 2 atom stereocenters. The summed E-state index contributed by atoms with van der Waals surface area (Å²) in [7, 11) is 0. The maximum Gasteiger partial charge on any atom is 0.416 e. The highest BCUT2D eigenvalue weighted by Gasteiger charge is 2.43. The normalized spacial score (nSPS) is 23.3. The lowest BCUT2D eigenvalue weighted by molar-refractivity contribution is -0.137. The Hall–Kier alpha value is -2.41. The molecular formula is C26H29ClF3N3O. The molecule has 0 radical (unpaired) electrons. The second-order valence-electron chi connectivity index (χ2n) is 9.65. The van der Waals surface area contributed by atoms with E-state index in [1.807, 2.05) is 24.3 Å². The van der Waals surface area contributed by atoms with Crippen LogP contribution in [0, 0.1) is 5.92 Å². The van der Waals surface area contributed by atoms with Crippen LogP contribution in [0.3, 0.4) is 0 Å². The molecule has 2 heterocycles. The first-order valence-electron chi connectivity index (χ1n) is 12.1. The average molecular weight is 492 g/mol. The Labute approximate surface area is 203 Å². The quantitative estimate of drug-likeness (QED) is 0.600. The van der Waals surface area contributed by atoms with Gasteiger partial charge in [0.15, 0.2) is 0 Å². The van der Waals surface area contributed by atoms with Crippen molar-refractivity contribution in [3.8, 4) is 0 Å². The summed E-state index contributed by atoms with van der Waals surface area (Å²) < 4.78 is 40.3. The number of piperazine rings is 1. The lowest BCUT2D eigenvalue weighted by Crippen LogP contribution is -2.61. The highest BCUT2D eigenvalue weighted by atomic mass is 35.5. The molecule has 1 amide bonds. The van der Waals surface area contributed by atoms with Gasteiger partial charge in [-0.15, -0.1) is 0 Å². The van der Waals surface area contributed by atoms with Crippen molar-refractivity contribution < 1.29 is 18.0 Å². The number of anilines is 2. The van der Waals surface area contributed by atoms with Crippen LogP contribution in [-0.2, 0) is 17.4 Å². The number of alkyl halides is 3. The molecule has 4 nitrogen and oxygen atoms in total. The number of carbonyl (C=O) groups is 1. The molecule has 2 aliphatic heterocycles. The zero-order valence-corrected chi connectivity index (χ0v) is 19.7. The van der Waals surface area contributed by atoms with E-state index in [1.54, 1.807) is 6.07 Å². The fraction of sp³-hybridized carbons (Fsp3) is 0.500. The minimum Gasteiger partial charge on any atom is -0.366 e. The molecule has 1 saturated heterocycles. The highest BCUT2D eigenvalue weighted by molar-refractivity contribution is 6.33. The Balaban J connectivity index is 1.46. The van der Waals surface area contributed by atoms with E-state index in [4.69, 9.17) is 11.6 Å². The summed E-state index contributed by atoms with van der Waals surface area (Å²) in [6.07, 6.45) is 1.21. The fourth-order valence-electron chi connectivity index (χ4n) is 5.78. The van der Waals surface area contributed by atoms with E-state index in [0.717, 1.165) is 43.1 Å². The molecule has 2 fully saturated rings. The van der Waals surface area contributed by atoms with Crippen LogP contribution >= 0.6 is 11.6 Å². The number of amides is 1. The first-order chi connectivity index (χ1) is 16.3. The molecule has 1 aliphatic carbocycles. The van der Waals surface area contributed by atoms with Crippen LogP contribution < -0.4 is 15.1 Å². The number of fused-ring (bicyclic) bond motifs is 3. The van der Waals surface area contributed by atoms with Crippen LogP contribution in [-0.4, -0.2) is 37.6 Å². The molecule has 0 spiro atoms. The minimum atomic E-state index is -4.41. The van der Waals surface area contributed by atoms with Gasteiger partial charge in [0.25, 0.3) is 0 Å². The highest BCUT2D eigenvalue weighted by Crippen LogP contribution is 2.41. The van der Waals surface area contributed by atoms with Gasteiger partial charge < -0.3 is 15.1 Å². The maximum atomic E-state index is 13.5. The van der Waals surface area contributed by atoms with Gasteiger partial charge in [-0.25, -0.2) is 0 Å². The van der Waals surface area contributed by atoms with Gasteiger partial charge in [0.1, 0.15) is 0 Å². The van der Waals surface area contributed by atoms with Gasteiger partial charge >= 0.3 is 6.18 Å². The van der Waals surface area contributed by atoms with Gasteiger partial charge in [0.2, 0.25) is 5.91 Å². The molecule has 3 aliphatic rings. The zero-order chi connectivity index (χ0) is 23.9. The van der Waals surface area contributed by atoms with E-state index in [2.05, 4.69) is 15.1 Å². The molecular weight excluding hydrogens is 463 g/mol.